The third-order valence-electron chi connectivity index (χ3n) is 2.87. The average Bonchev–Trinajstić information content (AvgIpc) is 2.93. The zero-order chi connectivity index (χ0) is 15.0. The number of nitrogens with two attached hydrogens (primary N) is 1. The van der Waals surface area contributed by atoms with Crippen LogP contribution in [0.4, 0.5) is 14.5 Å². The second-order valence-electron chi connectivity index (χ2n) is 4.24. The van der Waals surface area contributed by atoms with Gasteiger partial charge in [0, 0.05) is 22.3 Å². The lowest BCUT2D eigenvalue weighted by atomic mass is 10.1. The molecule has 0 bridgehead atoms. The monoisotopic (exact) mass is 307 g/mol. The van der Waals surface area contributed by atoms with Crippen LogP contribution in [0.5, 0.6) is 0 Å². The summed E-state index contributed by atoms with van der Waals surface area (Å²) in [6, 6.07) is 8.57. The number of hydrogen-bond donors (Lipinski definition) is 1. The molecule has 0 saturated carbocycles. The molecule has 0 saturated heterocycles. The Labute approximate surface area is 123 Å². The molecule has 3 rings (SSSR count). The second-order valence-corrected chi connectivity index (χ2v) is 4.68. The summed E-state index contributed by atoms with van der Waals surface area (Å²) >= 11 is 5.82. The first kappa shape index (κ1) is 13.4. The zero-order valence-electron chi connectivity index (χ0n) is 10.5. The number of halogens is 3. The first-order valence-corrected chi connectivity index (χ1v) is 6.23. The number of aromatic nitrogens is 4. The zero-order valence-corrected chi connectivity index (χ0v) is 11.2. The summed E-state index contributed by atoms with van der Waals surface area (Å²) in [6.07, 6.45) is 0. The number of nitrogens with zero attached hydrogens (tertiary/aromatic N) is 4. The van der Waals surface area contributed by atoms with Crippen LogP contribution in [0.15, 0.2) is 36.4 Å². The third-order valence-corrected chi connectivity index (χ3v) is 3.13. The maximum absolute atomic E-state index is 13.4. The molecule has 106 valence electrons. The van der Waals surface area contributed by atoms with Crippen LogP contribution >= 0.6 is 11.6 Å². The first-order chi connectivity index (χ1) is 10.1. The van der Waals surface area contributed by atoms with Crippen LogP contribution in [-0.2, 0) is 0 Å². The first-order valence-electron chi connectivity index (χ1n) is 5.85. The summed E-state index contributed by atoms with van der Waals surface area (Å²) in [5, 5.41) is 11.7. The minimum atomic E-state index is -1.03. The van der Waals surface area contributed by atoms with Gasteiger partial charge in [-0.1, -0.05) is 11.6 Å². The molecule has 0 unspecified atom stereocenters. The lowest BCUT2D eigenvalue weighted by molar-refractivity contribution is 0.509. The molecule has 2 aromatic carbocycles. The van der Waals surface area contributed by atoms with E-state index in [1.54, 1.807) is 24.3 Å². The molecule has 8 heteroatoms. The summed E-state index contributed by atoms with van der Waals surface area (Å²) in [5.41, 5.74) is 6.57. The molecular formula is C13H8ClF2N5. The molecule has 0 amide bonds. The van der Waals surface area contributed by atoms with Gasteiger partial charge in [0.05, 0.1) is 5.69 Å². The lowest BCUT2D eigenvalue weighted by Crippen LogP contribution is -2.03. The van der Waals surface area contributed by atoms with Gasteiger partial charge in [-0.25, -0.2) is 8.78 Å². The van der Waals surface area contributed by atoms with Crippen molar-refractivity contribution in [3.8, 4) is 17.1 Å². The van der Waals surface area contributed by atoms with Crippen molar-refractivity contribution in [2.75, 3.05) is 5.73 Å². The van der Waals surface area contributed by atoms with Crippen molar-refractivity contribution in [1.82, 2.24) is 20.2 Å². The molecule has 0 aliphatic heterocycles. The Morgan fingerprint density at radius 1 is 1.05 bits per heavy atom. The highest BCUT2D eigenvalue weighted by atomic mass is 35.5. The fraction of sp³-hybridized carbons (Fsp3) is 0. The minimum absolute atomic E-state index is 0.0407. The van der Waals surface area contributed by atoms with Crippen molar-refractivity contribution < 1.29 is 8.78 Å². The SMILES string of the molecule is Nc1cc(F)c(F)cc1-c1nnnn1-c1ccc(Cl)cc1. The molecule has 1 aromatic heterocycles. The van der Waals surface area contributed by atoms with Crippen LogP contribution in [0.2, 0.25) is 5.02 Å². The predicted molar refractivity (Wildman–Crippen MR) is 73.9 cm³/mol. The van der Waals surface area contributed by atoms with Gasteiger partial charge in [0.2, 0.25) is 0 Å². The predicted octanol–water partition coefficient (Wildman–Crippen LogP) is 2.84. The molecule has 0 atom stereocenters. The smallest absolute Gasteiger partial charge is 0.189 e. The maximum atomic E-state index is 13.4. The van der Waals surface area contributed by atoms with E-state index in [1.165, 1.54) is 4.68 Å². The van der Waals surface area contributed by atoms with Gasteiger partial charge in [-0.05, 0) is 40.8 Å². The average molecular weight is 308 g/mol. The van der Waals surface area contributed by atoms with Crippen molar-refractivity contribution >= 4 is 17.3 Å². The van der Waals surface area contributed by atoms with Gasteiger partial charge in [-0.3, -0.25) is 0 Å². The lowest BCUT2D eigenvalue weighted by Gasteiger charge is -2.07. The van der Waals surface area contributed by atoms with Crippen molar-refractivity contribution in [2.45, 2.75) is 0 Å². The highest BCUT2D eigenvalue weighted by molar-refractivity contribution is 6.30. The Bertz CT molecular complexity index is 801. The van der Waals surface area contributed by atoms with Crippen molar-refractivity contribution in [2.24, 2.45) is 0 Å². The maximum Gasteiger partial charge on any atom is 0.189 e. The normalized spacial score (nSPS) is 10.8. The Morgan fingerprint density at radius 2 is 1.71 bits per heavy atom. The number of nitrogen functional groups attached to an aromatic ring is 1. The number of tetrazole rings is 1. The quantitative estimate of drug-likeness (QED) is 0.739. The van der Waals surface area contributed by atoms with E-state index in [4.69, 9.17) is 17.3 Å². The van der Waals surface area contributed by atoms with Crippen LogP contribution in [-0.4, -0.2) is 20.2 Å². The molecule has 3 aromatic rings. The fourth-order valence-electron chi connectivity index (χ4n) is 1.87. The molecule has 1 heterocycles. The van der Waals surface area contributed by atoms with E-state index in [9.17, 15) is 8.78 Å². The van der Waals surface area contributed by atoms with Gasteiger partial charge in [0.25, 0.3) is 0 Å². The Kier molecular flexibility index (Phi) is 3.26. The van der Waals surface area contributed by atoms with Crippen molar-refractivity contribution in [3.05, 3.63) is 53.1 Å². The third kappa shape index (κ3) is 2.43. The van der Waals surface area contributed by atoms with E-state index in [2.05, 4.69) is 15.5 Å². The minimum Gasteiger partial charge on any atom is -0.398 e. The summed E-state index contributed by atoms with van der Waals surface area (Å²) in [4.78, 5) is 0. The molecular weight excluding hydrogens is 300 g/mol. The number of anilines is 1. The van der Waals surface area contributed by atoms with Crippen LogP contribution in [0.1, 0.15) is 0 Å². The topological polar surface area (TPSA) is 69.6 Å². The second kappa shape index (κ2) is 5.10. The molecule has 0 aliphatic rings. The molecule has 0 fully saturated rings. The van der Waals surface area contributed by atoms with E-state index >= 15 is 0 Å². The largest absolute Gasteiger partial charge is 0.398 e. The van der Waals surface area contributed by atoms with Gasteiger partial charge in [0.15, 0.2) is 17.5 Å². The standard InChI is InChI=1S/C13H8ClF2N5/c14-7-1-3-8(4-2-7)21-13(18-19-20-21)9-5-10(15)11(16)6-12(9)17/h1-6H,17H2. The summed E-state index contributed by atoms with van der Waals surface area (Å²) in [6.45, 7) is 0. The van der Waals surface area contributed by atoms with Crippen LogP contribution in [0, 0.1) is 11.6 Å². The van der Waals surface area contributed by atoms with E-state index in [-0.39, 0.29) is 17.1 Å². The molecule has 2 N–H and O–H groups in total. The number of hydrogen-bond acceptors (Lipinski definition) is 4. The van der Waals surface area contributed by atoms with Crippen LogP contribution < -0.4 is 5.73 Å². The van der Waals surface area contributed by atoms with E-state index in [0.717, 1.165) is 12.1 Å². The van der Waals surface area contributed by atoms with Gasteiger partial charge in [-0.15, -0.1) is 5.10 Å². The van der Waals surface area contributed by atoms with Crippen LogP contribution in [0.25, 0.3) is 17.1 Å². The molecule has 5 nitrogen and oxygen atoms in total. The van der Waals surface area contributed by atoms with Gasteiger partial charge in [-0.2, -0.15) is 4.68 Å². The van der Waals surface area contributed by atoms with E-state index in [1.807, 2.05) is 0 Å². The van der Waals surface area contributed by atoms with Crippen molar-refractivity contribution in [3.63, 3.8) is 0 Å². The van der Waals surface area contributed by atoms with Crippen LogP contribution in [0.3, 0.4) is 0 Å². The Morgan fingerprint density at radius 3 is 2.43 bits per heavy atom. The molecule has 0 aliphatic carbocycles. The Hall–Kier alpha value is -2.54. The van der Waals surface area contributed by atoms with Gasteiger partial charge in [0.1, 0.15) is 0 Å². The highest BCUT2D eigenvalue weighted by Crippen LogP contribution is 2.27. The number of benzene rings is 2. The summed E-state index contributed by atoms with van der Waals surface area (Å²) < 4.78 is 27.9. The van der Waals surface area contributed by atoms with E-state index in [0.29, 0.717) is 10.7 Å². The summed E-state index contributed by atoms with van der Waals surface area (Å²) in [5.74, 6) is -1.85. The van der Waals surface area contributed by atoms with Gasteiger partial charge < -0.3 is 5.73 Å². The molecule has 0 radical (unpaired) electrons. The molecule has 21 heavy (non-hydrogen) atoms. The highest BCUT2D eigenvalue weighted by Gasteiger charge is 2.16. The van der Waals surface area contributed by atoms with Gasteiger partial charge >= 0.3 is 0 Å². The fourth-order valence-corrected chi connectivity index (χ4v) is 1.99. The van der Waals surface area contributed by atoms with E-state index < -0.39 is 11.6 Å². The number of rotatable bonds is 2. The summed E-state index contributed by atoms with van der Waals surface area (Å²) in [7, 11) is 0. The Balaban J connectivity index is 2.15. The van der Waals surface area contributed by atoms with Crippen molar-refractivity contribution in [1.29, 1.82) is 0 Å². The molecule has 0 spiro atoms.